The molecule has 104 valence electrons. The molecule has 1 aromatic rings. The van der Waals surface area contributed by atoms with Gasteiger partial charge in [0.15, 0.2) is 9.84 Å². The van der Waals surface area contributed by atoms with Crippen molar-refractivity contribution >= 4 is 26.7 Å². The highest BCUT2D eigenvalue weighted by Crippen LogP contribution is 2.35. The number of hydrogen-bond donors (Lipinski definition) is 0. The van der Waals surface area contributed by atoms with Crippen LogP contribution in [0.25, 0.3) is 0 Å². The molecule has 0 unspecified atom stereocenters. The molecule has 1 aromatic carbocycles. The van der Waals surface area contributed by atoms with Crippen LogP contribution in [0.15, 0.2) is 17.0 Å². The fourth-order valence-electron chi connectivity index (χ4n) is 2.39. The van der Waals surface area contributed by atoms with Gasteiger partial charge in [0.1, 0.15) is 0 Å². The predicted molar refractivity (Wildman–Crippen MR) is 75.5 cm³/mol. The quantitative estimate of drug-likeness (QED) is 0.785. The lowest BCUT2D eigenvalue weighted by atomic mass is 10.0. The molecule has 1 aliphatic carbocycles. The van der Waals surface area contributed by atoms with Crippen LogP contribution in [-0.2, 0) is 16.3 Å². The Bertz CT molecular complexity index is 616. The fourth-order valence-corrected chi connectivity index (χ4v) is 4.88. The van der Waals surface area contributed by atoms with Crippen LogP contribution in [0, 0.1) is 12.8 Å². The molecule has 0 atom stereocenters. The van der Waals surface area contributed by atoms with Gasteiger partial charge in [0.05, 0.1) is 10.6 Å². The van der Waals surface area contributed by atoms with Crippen molar-refractivity contribution in [2.45, 2.75) is 38.0 Å². The Morgan fingerprint density at radius 3 is 2.47 bits per heavy atom. The van der Waals surface area contributed by atoms with Crippen molar-refractivity contribution in [3.05, 3.63) is 28.8 Å². The molecule has 2 rings (SSSR count). The average molecular weight is 301 g/mol. The molecule has 0 aliphatic heterocycles. The van der Waals surface area contributed by atoms with Crippen molar-refractivity contribution in [2.75, 3.05) is 5.75 Å². The van der Waals surface area contributed by atoms with Crippen molar-refractivity contribution in [1.82, 2.24) is 0 Å². The standard InChI is InChI=1S/C14H17ClO3S/c1-3-11-12(14(15)16)7-4-9(2)13(11)19(17,18)8-10-5-6-10/h4,7,10H,3,5-6,8H2,1-2H3. The van der Waals surface area contributed by atoms with Crippen LogP contribution in [-0.4, -0.2) is 19.4 Å². The van der Waals surface area contributed by atoms with Crippen molar-refractivity contribution in [3.63, 3.8) is 0 Å². The summed E-state index contributed by atoms with van der Waals surface area (Å²) in [5, 5.41) is -0.597. The smallest absolute Gasteiger partial charge is 0.252 e. The van der Waals surface area contributed by atoms with Crippen LogP contribution in [0.2, 0.25) is 0 Å². The highest BCUT2D eigenvalue weighted by Gasteiger charge is 2.32. The average Bonchev–Trinajstić information content (AvgIpc) is 3.10. The molecule has 3 nitrogen and oxygen atoms in total. The maximum absolute atomic E-state index is 12.5. The van der Waals surface area contributed by atoms with E-state index in [1.807, 2.05) is 6.92 Å². The minimum Gasteiger partial charge on any atom is -0.276 e. The molecule has 0 amide bonds. The minimum atomic E-state index is -3.34. The maximum Gasteiger partial charge on any atom is 0.252 e. The topological polar surface area (TPSA) is 51.2 Å². The number of benzene rings is 1. The number of rotatable bonds is 5. The number of halogens is 1. The molecular weight excluding hydrogens is 284 g/mol. The van der Waals surface area contributed by atoms with Gasteiger partial charge in [-0.05, 0) is 60.9 Å². The van der Waals surface area contributed by atoms with Gasteiger partial charge in [-0.2, -0.15) is 0 Å². The number of carbonyl (C=O) groups is 1. The normalized spacial score (nSPS) is 15.5. The molecule has 1 fully saturated rings. The van der Waals surface area contributed by atoms with Crippen LogP contribution in [0.4, 0.5) is 0 Å². The summed E-state index contributed by atoms with van der Waals surface area (Å²) >= 11 is 5.55. The highest BCUT2D eigenvalue weighted by atomic mass is 35.5. The molecule has 0 bridgehead atoms. The van der Waals surface area contributed by atoms with Gasteiger partial charge >= 0.3 is 0 Å². The lowest BCUT2D eigenvalue weighted by Gasteiger charge is -2.14. The number of aryl methyl sites for hydroxylation is 1. The number of sulfone groups is 1. The molecule has 0 N–H and O–H groups in total. The van der Waals surface area contributed by atoms with Gasteiger partial charge in [0.2, 0.25) is 0 Å². The summed E-state index contributed by atoms with van der Waals surface area (Å²) in [4.78, 5) is 11.7. The van der Waals surface area contributed by atoms with Gasteiger partial charge in [-0.1, -0.05) is 13.0 Å². The Kier molecular flexibility index (Phi) is 4.02. The first-order chi connectivity index (χ1) is 8.86. The third-order valence-corrected chi connectivity index (χ3v) is 5.79. The van der Waals surface area contributed by atoms with E-state index < -0.39 is 15.1 Å². The summed E-state index contributed by atoms with van der Waals surface area (Å²) in [6.45, 7) is 3.61. The molecule has 0 radical (unpaired) electrons. The van der Waals surface area contributed by atoms with E-state index in [4.69, 9.17) is 11.6 Å². The summed E-state index contributed by atoms with van der Waals surface area (Å²) in [6.07, 6.45) is 2.44. The molecule has 0 heterocycles. The van der Waals surface area contributed by atoms with Gasteiger partial charge in [-0.15, -0.1) is 0 Å². The van der Waals surface area contributed by atoms with Gasteiger partial charge in [-0.25, -0.2) is 8.42 Å². The Hall–Kier alpha value is -0.870. The van der Waals surface area contributed by atoms with Gasteiger partial charge in [0.25, 0.3) is 5.24 Å². The Morgan fingerprint density at radius 2 is 2.00 bits per heavy atom. The predicted octanol–water partition coefficient (Wildman–Crippen LogP) is 3.12. The minimum absolute atomic E-state index is 0.181. The second-order valence-electron chi connectivity index (χ2n) is 5.09. The third kappa shape index (κ3) is 3.00. The summed E-state index contributed by atoms with van der Waals surface area (Å²) in [5.74, 6) is 0.463. The van der Waals surface area contributed by atoms with E-state index in [2.05, 4.69) is 0 Å². The van der Waals surface area contributed by atoms with Crippen LogP contribution in [0.1, 0.15) is 41.3 Å². The van der Waals surface area contributed by atoms with Gasteiger partial charge in [-0.3, -0.25) is 4.79 Å². The number of hydrogen-bond acceptors (Lipinski definition) is 3. The molecular formula is C14H17ClO3S. The van der Waals surface area contributed by atoms with Gasteiger partial charge in [0, 0.05) is 5.56 Å². The van der Waals surface area contributed by atoms with Crippen LogP contribution in [0.3, 0.4) is 0 Å². The first-order valence-corrected chi connectivity index (χ1v) is 8.45. The van der Waals surface area contributed by atoms with Crippen molar-refractivity contribution < 1.29 is 13.2 Å². The Balaban J connectivity index is 2.60. The monoisotopic (exact) mass is 300 g/mol. The summed E-state index contributed by atoms with van der Waals surface area (Å²) in [5.41, 5.74) is 1.56. The summed E-state index contributed by atoms with van der Waals surface area (Å²) in [7, 11) is -3.34. The van der Waals surface area contributed by atoms with Crippen LogP contribution < -0.4 is 0 Å². The van der Waals surface area contributed by atoms with Crippen LogP contribution >= 0.6 is 11.6 Å². The van der Waals surface area contributed by atoms with Gasteiger partial charge < -0.3 is 0 Å². The van der Waals surface area contributed by atoms with Crippen LogP contribution in [0.5, 0.6) is 0 Å². The van der Waals surface area contributed by atoms with E-state index in [0.717, 1.165) is 12.8 Å². The second-order valence-corrected chi connectivity index (χ2v) is 7.40. The van der Waals surface area contributed by atoms with E-state index >= 15 is 0 Å². The van der Waals surface area contributed by atoms with Crippen molar-refractivity contribution in [2.24, 2.45) is 5.92 Å². The van der Waals surface area contributed by atoms with E-state index in [1.165, 1.54) is 0 Å². The molecule has 19 heavy (non-hydrogen) atoms. The summed E-state index contributed by atoms with van der Waals surface area (Å²) < 4.78 is 25.0. The lowest BCUT2D eigenvalue weighted by Crippen LogP contribution is -2.14. The molecule has 1 aliphatic rings. The van der Waals surface area contributed by atoms with E-state index in [9.17, 15) is 13.2 Å². The molecule has 0 spiro atoms. The zero-order valence-corrected chi connectivity index (χ0v) is 12.6. The first-order valence-electron chi connectivity index (χ1n) is 6.42. The first kappa shape index (κ1) is 14.5. The largest absolute Gasteiger partial charge is 0.276 e. The SMILES string of the molecule is CCc1c(C(=O)Cl)ccc(C)c1S(=O)(=O)CC1CC1. The molecule has 0 saturated heterocycles. The fraction of sp³-hybridized carbons (Fsp3) is 0.500. The van der Waals surface area contributed by atoms with E-state index in [0.29, 0.717) is 28.0 Å². The van der Waals surface area contributed by atoms with E-state index in [-0.39, 0.29) is 11.7 Å². The highest BCUT2D eigenvalue weighted by molar-refractivity contribution is 7.91. The van der Waals surface area contributed by atoms with Crippen molar-refractivity contribution in [3.8, 4) is 0 Å². The zero-order valence-electron chi connectivity index (χ0n) is 11.1. The third-order valence-electron chi connectivity index (χ3n) is 3.49. The van der Waals surface area contributed by atoms with Crippen molar-refractivity contribution in [1.29, 1.82) is 0 Å². The maximum atomic E-state index is 12.5. The van der Waals surface area contributed by atoms with E-state index in [1.54, 1.807) is 19.1 Å². The Labute approximate surface area is 118 Å². The molecule has 1 saturated carbocycles. The number of carbonyl (C=O) groups excluding carboxylic acids is 1. The molecule has 5 heteroatoms. The second kappa shape index (κ2) is 5.25. The zero-order chi connectivity index (χ0) is 14.2. The lowest BCUT2D eigenvalue weighted by molar-refractivity contribution is 0.108. The Morgan fingerprint density at radius 1 is 1.37 bits per heavy atom. The summed E-state index contributed by atoms with van der Waals surface area (Å²) in [6, 6.07) is 3.27. The molecule has 0 aromatic heterocycles.